The highest BCUT2D eigenvalue weighted by Crippen LogP contribution is 2.36. The number of rotatable bonds is 4. The molecule has 0 radical (unpaired) electrons. The third-order valence-electron chi connectivity index (χ3n) is 5.87. The first kappa shape index (κ1) is 20.3. The quantitative estimate of drug-likeness (QED) is 0.536. The Morgan fingerprint density at radius 3 is 2.60 bits per heavy atom. The number of carbonyl (C=O) groups excluding carboxylic acids is 3. The number of carbonyl (C=O) groups is 3. The number of aryl methyl sites for hydroxylation is 1. The van der Waals surface area contributed by atoms with E-state index >= 15 is 0 Å². The van der Waals surface area contributed by atoms with Gasteiger partial charge in [-0.3, -0.25) is 19.7 Å². The van der Waals surface area contributed by atoms with Gasteiger partial charge in [-0.1, -0.05) is 35.0 Å². The first-order chi connectivity index (χ1) is 14.3. The Bertz CT molecular complexity index is 1170. The number of fused-ring (bicyclic) bond motifs is 1. The van der Waals surface area contributed by atoms with Crippen molar-refractivity contribution in [3.05, 3.63) is 63.8 Å². The molecular formula is C23H21BrN2O4. The molecular weight excluding hydrogens is 448 g/mol. The maximum Gasteiger partial charge on any atom is 0.291 e. The van der Waals surface area contributed by atoms with E-state index in [0.29, 0.717) is 30.5 Å². The Hall–Kier alpha value is -2.93. The lowest BCUT2D eigenvalue weighted by Gasteiger charge is -2.35. The number of hydrogen-bond donors (Lipinski definition) is 2. The fourth-order valence-corrected chi connectivity index (χ4v) is 4.40. The topological polar surface area (TPSA) is 88.4 Å². The molecule has 1 aliphatic heterocycles. The summed E-state index contributed by atoms with van der Waals surface area (Å²) in [7, 11) is 0. The van der Waals surface area contributed by atoms with Gasteiger partial charge in [-0.25, -0.2) is 0 Å². The second-order valence-electron chi connectivity index (χ2n) is 7.54. The molecule has 2 N–H and O–H groups in total. The minimum absolute atomic E-state index is 0.235. The van der Waals surface area contributed by atoms with Crippen molar-refractivity contribution >= 4 is 50.3 Å². The van der Waals surface area contributed by atoms with Gasteiger partial charge >= 0.3 is 0 Å². The standard InChI is InChI=1S/C23H21BrN2O4/c1-3-23(11-10-19(27)26-22(23)29)14-4-7-16(8-5-14)25-21(28)20-13(2)17-12-15(24)6-9-18(17)30-20/h4-9,12H,3,10-11H2,1-2H3,(H,25,28)(H,26,27,29). The molecule has 0 aliphatic carbocycles. The molecule has 7 heteroatoms. The molecule has 30 heavy (non-hydrogen) atoms. The van der Waals surface area contributed by atoms with Gasteiger partial charge in [0.2, 0.25) is 11.8 Å². The van der Waals surface area contributed by atoms with Crippen LogP contribution in [0.1, 0.15) is 47.9 Å². The normalized spacial score (nSPS) is 19.0. The molecule has 4 rings (SSSR count). The van der Waals surface area contributed by atoms with E-state index in [-0.39, 0.29) is 23.5 Å². The van der Waals surface area contributed by atoms with Crippen molar-refractivity contribution in [1.82, 2.24) is 5.32 Å². The average molecular weight is 469 g/mol. The van der Waals surface area contributed by atoms with Gasteiger partial charge in [-0.2, -0.15) is 0 Å². The molecule has 0 bridgehead atoms. The Kier molecular flexibility index (Phi) is 5.24. The van der Waals surface area contributed by atoms with E-state index in [1.165, 1.54) is 0 Å². The lowest BCUT2D eigenvalue weighted by Crippen LogP contribution is -2.51. The first-order valence-corrected chi connectivity index (χ1v) is 10.6. The fourth-order valence-electron chi connectivity index (χ4n) is 4.04. The lowest BCUT2D eigenvalue weighted by molar-refractivity contribution is -0.138. The molecule has 1 fully saturated rings. The number of furan rings is 1. The second kappa shape index (κ2) is 7.72. The molecule has 1 aromatic heterocycles. The van der Waals surface area contributed by atoms with E-state index in [2.05, 4.69) is 26.6 Å². The number of halogens is 1. The Morgan fingerprint density at radius 2 is 1.93 bits per heavy atom. The number of nitrogens with one attached hydrogen (secondary N) is 2. The molecule has 1 unspecified atom stereocenters. The molecule has 6 nitrogen and oxygen atoms in total. The van der Waals surface area contributed by atoms with Crippen LogP contribution in [0.3, 0.4) is 0 Å². The molecule has 1 atom stereocenters. The zero-order chi connectivity index (χ0) is 21.5. The van der Waals surface area contributed by atoms with Crippen LogP contribution in [0.25, 0.3) is 11.0 Å². The van der Waals surface area contributed by atoms with Gasteiger partial charge in [0.25, 0.3) is 5.91 Å². The van der Waals surface area contributed by atoms with Gasteiger partial charge in [0.05, 0.1) is 5.41 Å². The summed E-state index contributed by atoms with van der Waals surface area (Å²) in [5.74, 6) is -0.565. The molecule has 0 saturated carbocycles. The highest BCUT2D eigenvalue weighted by atomic mass is 79.9. The van der Waals surface area contributed by atoms with Gasteiger partial charge in [0.1, 0.15) is 5.58 Å². The summed E-state index contributed by atoms with van der Waals surface area (Å²) in [5.41, 5.74) is 2.13. The first-order valence-electron chi connectivity index (χ1n) is 9.79. The summed E-state index contributed by atoms with van der Waals surface area (Å²) in [6.07, 6.45) is 1.39. The molecule has 154 valence electrons. The van der Waals surface area contributed by atoms with Crippen molar-refractivity contribution in [2.75, 3.05) is 5.32 Å². The highest BCUT2D eigenvalue weighted by molar-refractivity contribution is 9.10. The van der Waals surface area contributed by atoms with Gasteiger partial charge in [-0.15, -0.1) is 0 Å². The maximum atomic E-state index is 12.8. The summed E-state index contributed by atoms with van der Waals surface area (Å²) in [6, 6.07) is 12.8. The summed E-state index contributed by atoms with van der Waals surface area (Å²) in [4.78, 5) is 36.8. The lowest BCUT2D eigenvalue weighted by atomic mass is 9.72. The van der Waals surface area contributed by atoms with Gasteiger partial charge in [0, 0.05) is 27.5 Å². The smallest absolute Gasteiger partial charge is 0.291 e. The molecule has 3 aromatic rings. The number of hydrogen-bond acceptors (Lipinski definition) is 4. The fraction of sp³-hybridized carbons (Fsp3) is 0.261. The van der Waals surface area contributed by atoms with Crippen molar-refractivity contribution in [2.45, 2.75) is 38.5 Å². The minimum atomic E-state index is -0.723. The Labute approximate surface area is 182 Å². The van der Waals surface area contributed by atoms with Crippen molar-refractivity contribution in [3.8, 4) is 0 Å². The van der Waals surface area contributed by atoms with Crippen LogP contribution in [0.2, 0.25) is 0 Å². The summed E-state index contributed by atoms with van der Waals surface area (Å²) in [5, 5.41) is 6.18. The molecule has 1 aliphatic rings. The highest BCUT2D eigenvalue weighted by Gasteiger charge is 2.42. The zero-order valence-corrected chi connectivity index (χ0v) is 18.3. The monoisotopic (exact) mass is 468 g/mol. The molecule has 2 heterocycles. The third kappa shape index (κ3) is 3.43. The SMILES string of the molecule is CCC1(c2ccc(NC(=O)c3oc4ccc(Br)cc4c3C)cc2)CCC(=O)NC1=O. The number of anilines is 1. The predicted octanol–water partition coefficient (Wildman–Crippen LogP) is 4.84. The van der Waals surface area contributed by atoms with Crippen LogP contribution in [0.4, 0.5) is 5.69 Å². The summed E-state index contributed by atoms with van der Waals surface area (Å²) < 4.78 is 6.66. The van der Waals surface area contributed by atoms with E-state index in [4.69, 9.17) is 4.42 Å². The van der Waals surface area contributed by atoms with Gasteiger partial charge in [0.15, 0.2) is 5.76 Å². The van der Waals surface area contributed by atoms with Crippen molar-refractivity contribution in [2.24, 2.45) is 0 Å². The van der Waals surface area contributed by atoms with Gasteiger partial charge < -0.3 is 9.73 Å². The third-order valence-corrected chi connectivity index (χ3v) is 6.36. The van der Waals surface area contributed by atoms with Crippen LogP contribution in [0.5, 0.6) is 0 Å². The largest absolute Gasteiger partial charge is 0.451 e. The van der Waals surface area contributed by atoms with E-state index < -0.39 is 5.41 Å². The second-order valence-corrected chi connectivity index (χ2v) is 8.46. The molecule has 3 amide bonds. The Morgan fingerprint density at radius 1 is 1.20 bits per heavy atom. The molecule has 2 aromatic carbocycles. The van der Waals surface area contributed by atoms with Crippen LogP contribution >= 0.6 is 15.9 Å². The number of amides is 3. The van der Waals surface area contributed by atoms with Crippen LogP contribution in [-0.2, 0) is 15.0 Å². The van der Waals surface area contributed by atoms with Crippen molar-refractivity contribution in [1.29, 1.82) is 0 Å². The van der Waals surface area contributed by atoms with Crippen LogP contribution in [0, 0.1) is 6.92 Å². The van der Waals surface area contributed by atoms with Gasteiger partial charge in [-0.05, 0) is 55.7 Å². The average Bonchev–Trinajstić information content (AvgIpc) is 3.05. The van der Waals surface area contributed by atoms with E-state index in [9.17, 15) is 14.4 Å². The number of benzene rings is 2. The zero-order valence-electron chi connectivity index (χ0n) is 16.7. The van der Waals surface area contributed by atoms with Crippen molar-refractivity contribution < 1.29 is 18.8 Å². The predicted molar refractivity (Wildman–Crippen MR) is 117 cm³/mol. The molecule has 1 saturated heterocycles. The summed E-state index contributed by atoms with van der Waals surface area (Å²) >= 11 is 3.43. The van der Waals surface area contributed by atoms with Crippen molar-refractivity contribution in [3.63, 3.8) is 0 Å². The van der Waals surface area contributed by atoms with Crippen LogP contribution in [0.15, 0.2) is 51.4 Å². The van der Waals surface area contributed by atoms with E-state index in [0.717, 1.165) is 21.0 Å². The summed E-state index contributed by atoms with van der Waals surface area (Å²) in [6.45, 7) is 3.79. The van der Waals surface area contributed by atoms with Crippen LogP contribution in [-0.4, -0.2) is 17.7 Å². The maximum absolute atomic E-state index is 12.8. The minimum Gasteiger partial charge on any atom is -0.451 e. The number of piperidine rings is 1. The van der Waals surface area contributed by atoms with Crippen LogP contribution < -0.4 is 10.6 Å². The van der Waals surface area contributed by atoms with E-state index in [1.54, 1.807) is 12.1 Å². The molecule has 0 spiro atoms. The Balaban J connectivity index is 1.57. The van der Waals surface area contributed by atoms with E-state index in [1.807, 2.05) is 44.2 Å². The number of imide groups is 1.